The first kappa shape index (κ1) is 15.2. The molecule has 3 aromatic rings. The minimum Gasteiger partial charge on any atom is -0.339 e. The van der Waals surface area contributed by atoms with Crippen LogP contribution < -0.4 is 0 Å². The third-order valence-electron chi connectivity index (χ3n) is 4.12. The molecule has 2 N–H and O–H groups in total. The van der Waals surface area contributed by atoms with Gasteiger partial charge in [0.25, 0.3) is 0 Å². The van der Waals surface area contributed by atoms with E-state index in [0.29, 0.717) is 5.71 Å². The quantitative estimate of drug-likeness (QED) is 0.690. The molecule has 0 amide bonds. The zero-order valence-corrected chi connectivity index (χ0v) is 13.9. The van der Waals surface area contributed by atoms with Crippen molar-refractivity contribution in [2.45, 2.75) is 27.7 Å². The van der Waals surface area contributed by atoms with Crippen molar-refractivity contribution in [2.24, 2.45) is 0 Å². The van der Waals surface area contributed by atoms with Crippen LogP contribution in [0.25, 0.3) is 28.4 Å². The Balaban J connectivity index is 2.03. The van der Waals surface area contributed by atoms with E-state index in [4.69, 9.17) is 5.41 Å². The van der Waals surface area contributed by atoms with Crippen LogP contribution in [0.4, 0.5) is 0 Å². The number of hydrogen-bond donors (Lipinski definition) is 2. The van der Waals surface area contributed by atoms with Crippen molar-refractivity contribution in [3.8, 4) is 11.3 Å². The number of aromatic nitrogens is 3. The number of allylic oxidation sites excluding steroid dienone is 1. The molecule has 116 valence electrons. The summed E-state index contributed by atoms with van der Waals surface area (Å²) in [5, 5.41) is 8.72. The molecule has 23 heavy (non-hydrogen) atoms. The number of pyridine rings is 2. The molecule has 0 spiro atoms. The van der Waals surface area contributed by atoms with Gasteiger partial charge in [-0.1, -0.05) is 0 Å². The highest BCUT2D eigenvalue weighted by Gasteiger charge is 2.07. The molecule has 0 atom stereocenters. The summed E-state index contributed by atoms with van der Waals surface area (Å²) in [6.45, 7) is 7.81. The van der Waals surface area contributed by atoms with Gasteiger partial charge < -0.3 is 10.4 Å². The Kier molecular flexibility index (Phi) is 3.82. The number of aryl methyl sites for hydroxylation is 2. The third kappa shape index (κ3) is 3.06. The third-order valence-corrected chi connectivity index (χ3v) is 4.12. The van der Waals surface area contributed by atoms with Crippen LogP contribution in [0.1, 0.15) is 30.7 Å². The van der Waals surface area contributed by atoms with Crippen molar-refractivity contribution in [3.63, 3.8) is 0 Å². The van der Waals surface area contributed by atoms with Crippen molar-refractivity contribution >= 4 is 22.8 Å². The normalized spacial score (nSPS) is 11.9. The molecule has 0 saturated heterocycles. The van der Waals surface area contributed by atoms with Crippen LogP contribution >= 0.6 is 0 Å². The molecule has 0 saturated carbocycles. The number of H-pyrrole nitrogens is 1. The van der Waals surface area contributed by atoms with Crippen molar-refractivity contribution in [3.05, 3.63) is 53.0 Å². The predicted octanol–water partition coefficient (Wildman–Crippen LogP) is 4.68. The molecule has 4 nitrogen and oxygen atoms in total. The molecule has 3 heterocycles. The van der Waals surface area contributed by atoms with Gasteiger partial charge in [-0.3, -0.25) is 4.98 Å². The second kappa shape index (κ2) is 5.80. The summed E-state index contributed by atoms with van der Waals surface area (Å²) in [6.07, 6.45) is 5.70. The van der Waals surface area contributed by atoms with E-state index in [0.717, 1.165) is 39.1 Å². The summed E-state index contributed by atoms with van der Waals surface area (Å²) in [7, 11) is 0. The number of nitrogens with zero attached hydrogens (tertiary/aromatic N) is 2. The first-order chi connectivity index (χ1) is 10.9. The summed E-state index contributed by atoms with van der Waals surface area (Å²) in [4.78, 5) is 12.3. The van der Waals surface area contributed by atoms with E-state index in [2.05, 4.69) is 40.1 Å². The lowest BCUT2D eigenvalue weighted by atomic mass is 10.1. The van der Waals surface area contributed by atoms with Gasteiger partial charge in [0, 0.05) is 40.4 Å². The first-order valence-electron chi connectivity index (χ1n) is 7.60. The molecule has 3 rings (SSSR count). The number of hydrogen-bond acceptors (Lipinski definition) is 3. The standard InChI is InChI=1S/C19H20N4/c1-11(13(3)20)5-15-7-16-8-18(23-19(16)22-9-15)17-6-12(2)14(4)21-10-17/h5-10,20H,1-4H3,(H,22,23)/b11-5+,20-13?. The topological polar surface area (TPSA) is 65.4 Å². The smallest absolute Gasteiger partial charge is 0.137 e. The lowest BCUT2D eigenvalue weighted by Gasteiger charge is -2.01. The van der Waals surface area contributed by atoms with E-state index in [-0.39, 0.29) is 0 Å². The number of fused-ring (bicyclic) bond motifs is 1. The van der Waals surface area contributed by atoms with Crippen molar-refractivity contribution in [1.82, 2.24) is 15.0 Å². The van der Waals surface area contributed by atoms with Crippen LogP contribution in [-0.2, 0) is 0 Å². The Morgan fingerprint density at radius 2 is 1.87 bits per heavy atom. The Morgan fingerprint density at radius 1 is 1.09 bits per heavy atom. The monoisotopic (exact) mass is 304 g/mol. The van der Waals surface area contributed by atoms with Gasteiger partial charge in [-0.25, -0.2) is 4.98 Å². The maximum absolute atomic E-state index is 7.66. The summed E-state index contributed by atoms with van der Waals surface area (Å²) in [5.41, 5.74) is 7.69. The highest BCUT2D eigenvalue weighted by Crippen LogP contribution is 2.25. The zero-order chi connectivity index (χ0) is 16.6. The highest BCUT2D eigenvalue weighted by atomic mass is 14.9. The van der Waals surface area contributed by atoms with Gasteiger partial charge in [-0.15, -0.1) is 0 Å². The molecule has 3 aromatic heterocycles. The van der Waals surface area contributed by atoms with Gasteiger partial charge in [0.1, 0.15) is 5.65 Å². The second-order valence-corrected chi connectivity index (χ2v) is 5.97. The Hall–Kier alpha value is -2.75. The number of aromatic amines is 1. The molecule has 0 bridgehead atoms. The SMILES string of the molecule is CC(=N)/C(C)=C/c1cnc2[nH]c(-c3cnc(C)c(C)c3)cc2c1. The Labute approximate surface area is 135 Å². The lowest BCUT2D eigenvalue weighted by Crippen LogP contribution is -1.90. The average Bonchev–Trinajstić information content (AvgIpc) is 2.93. The molecular weight excluding hydrogens is 284 g/mol. The van der Waals surface area contributed by atoms with Crippen LogP contribution in [0.3, 0.4) is 0 Å². The van der Waals surface area contributed by atoms with Crippen LogP contribution in [-0.4, -0.2) is 20.7 Å². The minimum absolute atomic E-state index is 0.570. The molecule has 0 unspecified atom stereocenters. The fourth-order valence-corrected chi connectivity index (χ4v) is 2.42. The number of nitrogens with one attached hydrogen (secondary N) is 2. The van der Waals surface area contributed by atoms with Gasteiger partial charge in [-0.05, 0) is 68.7 Å². The molecular formula is C19H20N4. The summed E-state index contributed by atoms with van der Waals surface area (Å²) < 4.78 is 0. The molecule has 0 aromatic carbocycles. The van der Waals surface area contributed by atoms with Gasteiger partial charge in [0.05, 0.1) is 0 Å². The molecule has 0 fully saturated rings. The maximum Gasteiger partial charge on any atom is 0.137 e. The van der Waals surface area contributed by atoms with E-state index >= 15 is 0 Å². The van der Waals surface area contributed by atoms with E-state index in [1.807, 2.05) is 32.3 Å². The van der Waals surface area contributed by atoms with Crippen LogP contribution in [0, 0.1) is 19.3 Å². The lowest BCUT2D eigenvalue weighted by molar-refractivity contribution is 1.15. The van der Waals surface area contributed by atoms with Gasteiger partial charge in [0.2, 0.25) is 0 Å². The second-order valence-electron chi connectivity index (χ2n) is 5.97. The molecule has 0 aliphatic heterocycles. The van der Waals surface area contributed by atoms with E-state index < -0.39 is 0 Å². The average molecular weight is 304 g/mol. The Bertz CT molecular complexity index is 932. The van der Waals surface area contributed by atoms with Crippen LogP contribution in [0.15, 0.2) is 36.2 Å². The minimum atomic E-state index is 0.570. The van der Waals surface area contributed by atoms with E-state index in [1.165, 1.54) is 5.56 Å². The largest absolute Gasteiger partial charge is 0.339 e. The summed E-state index contributed by atoms with van der Waals surface area (Å²) >= 11 is 0. The molecule has 0 aliphatic carbocycles. The van der Waals surface area contributed by atoms with Gasteiger partial charge in [0.15, 0.2) is 0 Å². The van der Waals surface area contributed by atoms with Crippen molar-refractivity contribution in [1.29, 1.82) is 5.41 Å². The molecule has 0 aliphatic rings. The number of rotatable bonds is 3. The zero-order valence-electron chi connectivity index (χ0n) is 13.9. The molecule has 4 heteroatoms. The van der Waals surface area contributed by atoms with E-state index in [1.54, 1.807) is 6.92 Å². The van der Waals surface area contributed by atoms with Crippen LogP contribution in [0.2, 0.25) is 0 Å². The predicted molar refractivity (Wildman–Crippen MR) is 95.9 cm³/mol. The van der Waals surface area contributed by atoms with Crippen molar-refractivity contribution < 1.29 is 0 Å². The van der Waals surface area contributed by atoms with Gasteiger partial charge >= 0.3 is 0 Å². The maximum atomic E-state index is 7.66. The van der Waals surface area contributed by atoms with Gasteiger partial charge in [-0.2, -0.15) is 0 Å². The summed E-state index contributed by atoms with van der Waals surface area (Å²) in [6, 6.07) is 6.32. The van der Waals surface area contributed by atoms with Crippen molar-refractivity contribution in [2.75, 3.05) is 0 Å². The fourth-order valence-electron chi connectivity index (χ4n) is 2.42. The molecule has 0 radical (unpaired) electrons. The van der Waals surface area contributed by atoms with Crippen LogP contribution in [0.5, 0.6) is 0 Å². The van der Waals surface area contributed by atoms with E-state index in [9.17, 15) is 0 Å². The highest BCUT2D eigenvalue weighted by molar-refractivity contribution is 5.99. The Morgan fingerprint density at radius 3 is 2.57 bits per heavy atom. The fraction of sp³-hybridized carbons (Fsp3) is 0.211. The summed E-state index contributed by atoms with van der Waals surface area (Å²) in [5.74, 6) is 0. The first-order valence-corrected chi connectivity index (χ1v) is 7.60.